The predicted octanol–water partition coefficient (Wildman–Crippen LogP) is 3.71. The summed E-state index contributed by atoms with van der Waals surface area (Å²) in [4.78, 5) is 29.8. The monoisotopic (exact) mass is 505 g/mol. The number of amides is 1. The number of nitrogen functional groups attached to an aromatic ring is 1. The molecule has 3 rings (SSSR count). The summed E-state index contributed by atoms with van der Waals surface area (Å²) in [5, 5.41) is 0. The minimum atomic E-state index is -0.461. The zero-order valence-electron chi connectivity index (χ0n) is 22.7. The average molecular weight is 506 g/mol. The second-order valence-corrected chi connectivity index (χ2v) is 10.4. The minimum Gasteiger partial charge on any atom is -0.468 e. The van der Waals surface area contributed by atoms with Crippen LogP contribution in [-0.4, -0.2) is 87.0 Å². The maximum Gasteiger partial charge on any atom is 0.410 e. The van der Waals surface area contributed by atoms with Crippen LogP contribution in [0.15, 0.2) is 0 Å². The van der Waals surface area contributed by atoms with Gasteiger partial charge in [-0.3, -0.25) is 9.47 Å². The Morgan fingerprint density at radius 1 is 1.06 bits per heavy atom. The highest BCUT2D eigenvalue weighted by atomic mass is 16.6. The third-order valence-corrected chi connectivity index (χ3v) is 6.13. The van der Waals surface area contributed by atoms with Crippen LogP contribution in [0, 0.1) is 0 Å². The van der Waals surface area contributed by atoms with Gasteiger partial charge in [0.05, 0.1) is 13.2 Å². The highest BCUT2D eigenvalue weighted by Crippen LogP contribution is 2.26. The maximum absolute atomic E-state index is 12.2. The van der Waals surface area contributed by atoms with E-state index in [1.807, 2.05) is 32.3 Å². The van der Waals surface area contributed by atoms with E-state index >= 15 is 0 Å². The van der Waals surface area contributed by atoms with Crippen molar-refractivity contribution in [3.05, 3.63) is 0 Å². The van der Waals surface area contributed by atoms with E-state index in [0.29, 0.717) is 42.6 Å². The van der Waals surface area contributed by atoms with Crippen LogP contribution in [-0.2, 0) is 11.3 Å². The topological polar surface area (TPSA) is 121 Å². The number of hydrogen-bond donors (Lipinski definition) is 1. The predicted molar refractivity (Wildman–Crippen MR) is 139 cm³/mol. The number of aromatic nitrogens is 4. The molecule has 2 aromatic rings. The summed E-state index contributed by atoms with van der Waals surface area (Å²) in [6.07, 6.45) is 4.79. The molecule has 11 nitrogen and oxygen atoms in total. The number of piperazine rings is 1. The summed E-state index contributed by atoms with van der Waals surface area (Å²) < 4.78 is 18.8. The zero-order valence-corrected chi connectivity index (χ0v) is 22.7. The van der Waals surface area contributed by atoms with Gasteiger partial charge in [-0.15, -0.1) is 0 Å². The molecule has 2 N–H and O–H groups in total. The summed E-state index contributed by atoms with van der Waals surface area (Å²) in [5.41, 5.74) is 6.87. The maximum atomic E-state index is 12.2. The Labute approximate surface area is 214 Å². The van der Waals surface area contributed by atoms with Gasteiger partial charge in [-0.2, -0.15) is 15.0 Å². The van der Waals surface area contributed by atoms with Crippen LogP contribution in [0.5, 0.6) is 12.0 Å². The number of rotatable bonds is 11. The summed E-state index contributed by atoms with van der Waals surface area (Å²) in [7, 11) is 1.60. The standard InChI is InChI=1S/C25H43N7O4/c1-7-11-18(2)35-22-28-20(26)19-21(29-22)32(23(27-19)34-6)13-10-8-9-12-30-14-16-31(17-15-30)24(33)36-25(3,4)5/h18H,7-17H2,1-6H3,(H2,26,28,29). The zero-order chi connectivity index (χ0) is 26.3. The number of hydrogen-bond acceptors (Lipinski definition) is 9. The number of nitrogens with two attached hydrogens (primary N) is 1. The number of imidazole rings is 1. The fourth-order valence-corrected chi connectivity index (χ4v) is 4.30. The van der Waals surface area contributed by atoms with Crippen molar-refractivity contribution in [1.82, 2.24) is 29.3 Å². The van der Waals surface area contributed by atoms with Crippen LogP contribution >= 0.6 is 0 Å². The minimum absolute atomic E-state index is 0.0103. The van der Waals surface area contributed by atoms with E-state index in [1.54, 1.807) is 12.0 Å². The van der Waals surface area contributed by atoms with Gasteiger partial charge in [0.25, 0.3) is 6.01 Å². The van der Waals surface area contributed by atoms with Gasteiger partial charge in [0.15, 0.2) is 17.0 Å². The van der Waals surface area contributed by atoms with Crippen LogP contribution in [0.1, 0.15) is 66.7 Å². The van der Waals surface area contributed by atoms with E-state index in [0.717, 1.165) is 51.7 Å². The molecule has 1 aliphatic rings. The lowest BCUT2D eigenvalue weighted by Crippen LogP contribution is -2.50. The van der Waals surface area contributed by atoms with Crippen LogP contribution in [0.3, 0.4) is 0 Å². The molecular formula is C25H43N7O4. The first-order chi connectivity index (χ1) is 17.1. The van der Waals surface area contributed by atoms with Crippen molar-refractivity contribution >= 4 is 23.1 Å². The summed E-state index contributed by atoms with van der Waals surface area (Å²) in [6, 6.07) is 0.748. The molecule has 2 aromatic heterocycles. The van der Waals surface area contributed by atoms with Gasteiger partial charge in [0.1, 0.15) is 5.60 Å². The number of carbonyl (C=O) groups is 1. The van der Waals surface area contributed by atoms with Gasteiger partial charge in [0, 0.05) is 32.7 Å². The smallest absolute Gasteiger partial charge is 0.410 e. The first-order valence-electron chi connectivity index (χ1n) is 13.1. The summed E-state index contributed by atoms with van der Waals surface area (Å²) >= 11 is 0. The Morgan fingerprint density at radius 3 is 2.39 bits per heavy atom. The van der Waals surface area contributed by atoms with Crippen LogP contribution < -0.4 is 15.2 Å². The second-order valence-electron chi connectivity index (χ2n) is 10.4. The Bertz CT molecular complexity index is 996. The molecule has 1 saturated heterocycles. The van der Waals surface area contributed by atoms with Crippen molar-refractivity contribution < 1.29 is 19.0 Å². The molecule has 1 aliphatic heterocycles. The van der Waals surface area contributed by atoms with E-state index < -0.39 is 5.60 Å². The second kappa shape index (κ2) is 12.4. The molecule has 36 heavy (non-hydrogen) atoms. The number of unbranched alkanes of at least 4 members (excludes halogenated alkanes) is 2. The van der Waals surface area contributed by atoms with Gasteiger partial charge in [-0.1, -0.05) is 19.8 Å². The third-order valence-electron chi connectivity index (χ3n) is 6.13. The van der Waals surface area contributed by atoms with Gasteiger partial charge < -0.3 is 24.8 Å². The average Bonchev–Trinajstić information content (AvgIpc) is 3.16. The van der Waals surface area contributed by atoms with Crippen LogP contribution in [0.2, 0.25) is 0 Å². The Hall–Kier alpha value is -2.82. The van der Waals surface area contributed by atoms with Crippen molar-refractivity contribution in [3.63, 3.8) is 0 Å². The molecule has 1 unspecified atom stereocenters. The van der Waals surface area contributed by atoms with E-state index in [1.165, 1.54) is 0 Å². The Balaban J connectivity index is 1.49. The molecule has 3 heterocycles. The Kier molecular flexibility index (Phi) is 9.58. The summed E-state index contributed by atoms with van der Waals surface area (Å²) in [6.45, 7) is 14.7. The van der Waals surface area contributed by atoms with Crippen molar-refractivity contribution in [1.29, 1.82) is 0 Å². The number of anilines is 1. The summed E-state index contributed by atoms with van der Waals surface area (Å²) in [5.74, 6) is 0.293. The molecule has 0 saturated carbocycles. The highest BCUT2D eigenvalue weighted by Gasteiger charge is 2.25. The fourth-order valence-electron chi connectivity index (χ4n) is 4.30. The number of ether oxygens (including phenoxy) is 3. The molecule has 202 valence electrons. The van der Waals surface area contributed by atoms with Crippen LogP contribution in [0.25, 0.3) is 11.2 Å². The number of carbonyl (C=O) groups excluding carboxylic acids is 1. The molecule has 0 spiro atoms. The number of nitrogens with zero attached hydrogens (tertiary/aromatic N) is 6. The van der Waals surface area contributed by atoms with Crippen molar-refractivity contribution in [2.45, 2.75) is 85.0 Å². The van der Waals surface area contributed by atoms with Gasteiger partial charge in [-0.25, -0.2) is 4.79 Å². The molecule has 1 fully saturated rings. The first kappa shape index (κ1) is 27.8. The largest absolute Gasteiger partial charge is 0.468 e. The molecule has 0 aromatic carbocycles. The van der Waals surface area contributed by atoms with E-state index in [2.05, 4.69) is 26.8 Å². The fraction of sp³-hybridized carbons (Fsp3) is 0.760. The first-order valence-corrected chi connectivity index (χ1v) is 13.1. The van der Waals surface area contributed by atoms with Crippen LogP contribution in [0.4, 0.5) is 10.6 Å². The molecule has 1 atom stereocenters. The van der Waals surface area contributed by atoms with Gasteiger partial charge >= 0.3 is 12.1 Å². The molecule has 0 radical (unpaired) electrons. The van der Waals surface area contributed by atoms with Gasteiger partial charge in [-0.05, 0) is 53.5 Å². The van der Waals surface area contributed by atoms with Crippen molar-refractivity contribution in [2.24, 2.45) is 0 Å². The van der Waals surface area contributed by atoms with Gasteiger partial charge in [0.2, 0.25) is 0 Å². The number of methoxy groups -OCH3 is 1. The van der Waals surface area contributed by atoms with E-state index in [4.69, 9.17) is 19.9 Å². The lowest BCUT2D eigenvalue weighted by atomic mass is 10.2. The lowest BCUT2D eigenvalue weighted by Gasteiger charge is -2.35. The number of aryl methyl sites for hydroxylation is 1. The molecule has 0 aliphatic carbocycles. The molecular weight excluding hydrogens is 462 g/mol. The van der Waals surface area contributed by atoms with E-state index in [-0.39, 0.29) is 18.2 Å². The molecule has 1 amide bonds. The number of fused-ring (bicyclic) bond motifs is 1. The SMILES string of the molecule is CCCC(C)Oc1nc(N)c2nc(OC)n(CCCCCN3CCN(C(=O)OC(C)(C)C)CC3)c2n1. The quantitative estimate of drug-likeness (QED) is 0.456. The normalized spacial score (nSPS) is 15.8. The Morgan fingerprint density at radius 2 is 1.75 bits per heavy atom. The van der Waals surface area contributed by atoms with Crippen molar-refractivity contribution in [3.8, 4) is 12.0 Å². The highest BCUT2D eigenvalue weighted by molar-refractivity contribution is 5.83. The molecule has 11 heteroatoms. The molecule has 0 bridgehead atoms. The van der Waals surface area contributed by atoms with E-state index in [9.17, 15) is 4.79 Å². The lowest BCUT2D eigenvalue weighted by molar-refractivity contribution is 0.0144. The third kappa shape index (κ3) is 7.59. The van der Waals surface area contributed by atoms with Crippen molar-refractivity contribution in [2.75, 3.05) is 45.6 Å².